The molecule has 0 saturated carbocycles. The van der Waals surface area contributed by atoms with Gasteiger partial charge in [-0.2, -0.15) is 0 Å². The fourth-order valence-electron chi connectivity index (χ4n) is 1.01. The topological polar surface area (TPSA) is 59.3 Å². The second-order valence-electron chi connectivity index (χ2n) is 3.08. The number of carboxylic acid groups (broad SMARTS) is 1. The van der Waals surface area contributed by atoms with E-state index in [-0.39, 0.29) is 17.7 Å². The van der Waals surface area contributed by atoms with E-state index in [2.05, 4.69) is 6.58 Å². The molecular weight excluding hydrogens is 182 g/mol. The van der Waals surface area contributed by atoms with Crippen LogP contribution in [0.2, 0.25) is 0 Å². The Kier molecular flexibility index (Phi) is 2.86. The van der Waals surface area contributed by atoms with Crippen molar-refractivity contribution >= 4 is 5.97 Å². The van der Waals surface area contributed by atoms with Crippen molar-refractivity contribution in [3.63, 3.8) is 0 Å². The Morgan fingerprint density at radius 1 is 1.64 bits per heavy atom. The Morgan fingerprint density at radius 3 is 2.79 bits per heavy atom. The molecule has 14 heavy (non-hydrogen) atoms. The summed E-state index contributed by atoms with van der Waals surface area (Å²) in [5.74, 6) is -1.09. The lowest BCUT2D eigenvalue weighted by atomic mass is 10.2. The molecule has 0 atom stereocenters. The van der Waals surface area contributed by atoms with Crippen molar-refractivity contribution in [1.82, 2.24) is 4.57 Å². The van der Waals surface area contributed by atoms with Crippen LogP contribution in [0.4, 0.5) is 0 Å². The Morgan fingerprint density at radius 2 is 2.29 bits per heavy atom. The molecule has 0 bridgehead atoms. The Hall–Kier alpha value is -1.84. The number of carbonyl (C=O) groups is 1. The monoisotopic (exact) mass is 193 g/mol. The molecule has 0 aliphatic carbocycles. The lowest BCUT2D eigenvalue weighted by Gasteiger charge is -2.04. The number of carboxylic acids is 1. The molecule has 0 aliphatic heterocycles. The van der Waals surface area contributed by atoms with Crippen molar-refractivity contribution in [1.29, 1.82) is 0 Å². The summed E-state index contributed by atoms with van der Waals surface area (Å²) in [6.07, 6.45) is 1.56. The number of pyridine rings is 1. The molecule has 4 heteroatoms. The first-order valence-electron chi connectivity index (χ1n) is 4.09. The van der Waals surface area contributed by atoms with Crippen molar-refractivity contribution in [2.45, 2.75) is 13.5 Å². The fourth-order valence-corrected chi connectivity index (χ4v) is 1.01. The number of nitrogens with zero attached hydrogens (tertiary/aromatic N) is 1. The maximum Gasteiger partial charge on any atom is 0.332 e. The van der Waals surface area contributed by atoms with Crippen molar-refractivity contribution in [3.8, 4) is 0 Å². The van der Waals surface area contributed by atoms with Crippen LogP contribution in [0.15, 0.2) is 35.3 Å². The van der Waals surface area contributed by atoms with E-state index >= 15 is 0 Å². The van der Waals surface area contributed by atoms with Gasteiger partial charge in [-0.1, -0.05) is 6.58 Å². The van der Waals surface area contributed by atoms with Crippen LogP contribution < -0.4 is 5.56 Å². The maximum atomic E-state index is 11.3. The molecule has 0 aliphatic rings. The number of aryl methyl sites for hydroxylation is 1. The van der Waals surface area contributed by atoms with Crippen LogP contribution in [0, 0.1) is 6.92 Å². The summed E-state index contributed by atoms with van der Waals surface area (Å²) >= 11 is 0. The smallest absolute Gasteiger partial charge is 0.332 e. The minimum atomic E-state index is -1.09. The number of rotatable bonds is 3. The fraction of sp³-hybridized carbons (Fsp3) is 0.200. The van der Waals surface area contributed by atoms with Gasteiger partial charge < -0.3 is 9.67 Å². The quantitative estimate of drug-likeness (QED) is 0.722. The molecule has 0 saturated heterocycles. The predicted molar refractivity (Wildman–Crippen MR) is 52.2 cm³/mol. The van der Waals surface area contributed by atoms with Crippen LogP contribution in [-0.4, -0.2) is 15.6 Å². The minimum Gasteiger partial charge on any atom is -0.478 e. The van der Waals surface area contributed by atoms with Crippen molar-refractivity contribution < 1.29 is 9.90 Å². The van der Waals surface area contributed by atoms with E-state index in [1.165, 1.54) is 10.6 Å². The summed E-state index contributed by atoms with van der Waals surface area (Å²) in [6.45, 7) is 5.18. The third kappa shape index (κ3) is 2.32. The SMILES string of the molecule is C=C(Cn1ccc(C)cc1=O)C(=O)O. The average Bonchev–Trinajstić information content (AvgIpc) is 2.09. The summed E-state index contributed by atoms with van der Waals surface area (Å²) in [5, 5.41) is 8.57. The van der Waals surface area contributed by atoms with Crippen molar-refractivity contribution in [3.05, 3.63) is 46.4 Å². The van der Waals surface area contributed by atoms with Gasteiger partial charge in [0, 0.05) is 17.8 Å². The molecule has 0 aromatic carbocycles. The van der Waals surface area contributed by atoms with Gasteiger partial charge in [0.15, 0.2) is 0 Å². The first-order chi connectivity index (χ1) is 6.50. The normalized spacial score (nSPS) is 9.79. The van der Waals surface area contributed by atoms with Gasteiger partial charge >= 0.3 is 5.97 Å². The second kappa shape index (κ2) is 3.91. The van der Waals surface area contributed by atoms with Crippen LogP contribution in [0.1, 0.15) is 5.56 Å². The van der Waals surface area contributed by atoms with Crippen molar-refractivity contribution in [2.75, 3.05) is 0 Å². The van der Waals surface area contributed by atoms with Gasteiger partial charge in [-0.3, -0.25) is 4.79 Å². The van der Waals surface area contributed by atoms with E-state index in [1.807, 2.05) is 0 Å². The summed E-state index contributed by atoms with van der Waals surface area (Å²) in [5.41, 5.74) is 0.635. The molecule has 1 N–H and O–H groups in total. The zero-order chi connectivity index (χ0) is 10.7. The van der Waals surface area contributed by atoms with Crippen molar-refractivity contribution in [2.24, 2.45) is 0 Å². The first-order valence-corrected chi connectivity index (χ1v) is 4.09. The van der Waals surface area contributed by atoms with E-state index < -0.39 is 5.97 Å². The number of hydrogen-bond acceptors (Lipinski definition) is 2. The number of aliphatic carboxylic acids is 1. The van der Waals surface area contributed by atoms with Crippen LogP contribution in [0.25, 0.3) is 0 Å². The Balaban J connectivity index is 2.93. The van der Waals surface area contributed by atoms with Crippen LogP contribution in [-0.2, 0) is 11.3 Å². The summed E-state index contributed by atoms with van der Waals surface area (Å²) in [6, 6.07) is 3.20. The van der Waals surface area contributed by atoms with Gasteiger partial charge in [0.25, 0.3) is 5.56 Å². The molecule has 1 aromatic rings. The highest BCUT2D eigenvalue weighted by atomic mass is 16.4. The van der Waals surface area contributed by atoms with Crippen LogP contribution >= 0.6 is 0 Å². The van der Waals surface area contributed by atoms with E-state index in [4.69, 9.17) is 5.11 Å². The summed E-state index contributed by atoms with van der Waals surface area (Å²) in [7, 11) is 0. The molecule has 1 aromatic heterocycles. The zero-order valence-electron chi connectivity index (χ0n) is 7.86. The van der Waals surface area contributed by atoms with Gasteiger partial charge in [0.1, 0.15) is 0 Å². The second-order valence-corrected chi connectivity index (χ2v) is 3.08. The van der Waals surface area contributed by atoms with Gasteiger partial charge in [0.05, 0.1) is 6.54 Å². The highest BCUT2D eigenvalue weighted by molar-refractivity contribution is 5.85. The molecular formula is C10H11NO3. The van der Waals surface area contributed by atoms with E-state index in [9.17, 15) is 9.59 Å². The standard InChI is InChI=1S/C10H11NO3/c1-7-3-4-11(9(12)5-7)6-8(2)10(13)14/h3-5H,2,6H2,1H3,(H,13,14). The first kappa shape index (κ1) is 10.2. The van der Waals surface area contributed by atoms with Gasteiger partial charge in [-0.05, 0) is 18.6 Å². The summed E-state index contributed by atoms with van der Waals surface area (Å²) < 4.78 is 1.31. The van der Waals surface area contributed by atoms with Gasteiger partial charge in [-0.25, -0.2) is 4.79 Å². The van der Waals surface area contributed by atoms with E-state index in [0.29, 0.717) is 0 Å². The lowest BCUT2D eigenvalue weighted by molar-refractivity contribution is -0.132. The molecule has 0 radical (unpaired) electrons. The molecule has 0 spiro atoms. The van der Waals surface area contributed by atoms with Gasteiger partial charge in [-0.15, -0.1) is 0 Å². The third-order valence-corrected chi connectivity index (χ3v) is 1.82. The molecule has 1 heterocycles. The van der Waals surface area contributed by atoms with E-state index in [0.717, 1.165) is 5.56 Å². The minimum absolute atomic E-state index is 0.00375. The maximum absolute atomic E-state index is 11.3. The molecule has 4 nitrogen and oxygen atoms in total. The number of aromatic nitrogens is 1. The van der Waals surface area contributed by atoms with Crippen LogP contribution in [0.3, 0.4) is 0 Å². The lowest BCUT2D eigenvalue weighted by Crippen LogP contribution is -2.21. The summed E-state index contributed by atoms with van der Waals surface area (Å²) in [4.78, 5) is 21.8. The van der Waals surface area contributed by atoms with Crippen LogP contribution in [0.5, 0.6) is 0 Å². The number of hydrogen-bond donors (Lipinski definition) is 1. The highest BCUT2D eigenvalue weighted by Gasteiger charge is 2.05. The molecule has 0 amide bonds. The molecule has 0 fully saturated rings. The average molecular weight is 193 g/mol. The molecule has 1 rings (SSSR count). The third-order valence-electron chi connectivity index (χ3n) is 1.82. The molecule has 0 unspecified atom stereocenters. The molecule has 74 valence electrons. The predicted octanol–water partition coefficient (Wildman–Crippen LogP) is 0.798. The van der Waals surface area contributed by atoms with Gasteiger partial charge in [0.2, 0.25) is 0 Å². The van der Waals surface area contributed by atoms with E-state index in [1.54, 1.807) is 19.2 Å². The highest BCUT2D eigenvalue weighted by Crippen LogP contribution is 1.96. The largest absolute Gasteiger partial charge is 0.478 e. The Labute approximate surface area is 81.1 Å². The zero-order valence-corrected chi connectivity index (χ0v) is 7.86. The Bertz CT molecular complexity index is 431.